The smallest absolute Gasteiger partial charge is 0.330 e. The lowest BCUT2D eigenvalue weighted by atomic mass is 10.0. The van der Waals surface area contributed by atoms with Crippen molar-refractivity contribution in [1.82, 2.24) is 0 Å². The van der Waals surface area contributed by atoms with E-state index in [1.165, 1.54) is 12.8 Å². The largest absolute Gasteiger partial charge is 0.490 e. The van der Waals surface area contributed by atoms with Crippen LogP contribution in [0.1, 0.15) is 84.6 Å². The van der Waals surface area contributed by atoms with Gasteiger partial charge >= 0.3 is 11.9 Å². The highest BCUT2D eigenvalue weighted by atomic mass is 16.6. The maximum absolute atomic E-state index is 12.0. The Labute approximate surface area is 282 Å². The summed E-state index contributed by atoms with van der Waals surface area (Å²) in [5.41, 5.74) is 0.953. The number of esters is 2. The van der Waals surface area contributed by atoms with Crippen molar-refractivity contribution in [3.63, 3.8) is 0 Å². The number of ether oxygens (including phenoxy) is 6. The Morgan fingerprint density at radius 2 is 1.23 bits per heavy atom. The van der Waals surface area contributed by atoms with Gasteiger partial charge < -0.3 is 28.4 Å². The fraction of sp³-hybridized carbons (Fsp3) is 0.590. The third kappa shape index (κ3) is 14.9. The van der Waals surface area contributed by atoms with Crippen LogP contribution in [0.2, 0.25) is 0 Å². The summed E-state index contributed by atoms with van der Waals surface area (Å²) in [6.45, 7) is 19.8. The Morgan fingerprint density at radius 3 is 1.72 bits per heavy atom. The summed E-state index contributed by atoms with van der Waals surface area (Å²) < 4.78 is 35.2. The number of hydrogen-bond acceptors (Lipinski definition) is 8. The zero-order chi connectivity index (χ0) is 34.4. The minimum atomic E-state index is -0.564. The van der Waals surface area contributed by atoms with E-state index in [9.17, 15) is 9.59 Å². The zero-order valence-corrected chi connectivity index (χ0v) is 29.4. The molecule has 8 nitrogen and oxygen atoms in total. The van der Waals surface area contributed by atoms with Crippen molar-refractivity contribution in [2.75, 3.05) is 39.6 Å². The Morgan fingerprint density at radius 1 is 0.702 bits per heavy atom. The van der Waals surface area contributed by atoms with Gasteiger partial charge in [-0.1, -0.05) is 91.5 Å². The van der Waals surface area contributed by atoms with Crippen molar-refractivity contribution in [3.8, 4) is 11.5 Å². The van der Waals surface area contributed by atoms with Crippen molar-refractivity contribution in [2.45, 2.75) is 98.2 Å². The molecular weight excluding hydrogens is 596 g/mol. The van der Waals surface area contributed by atoms with Gasteiger partial charge in [0, 0.05) is 25.4 Å². The van der Waals surface area contributed by atoms with Crippen LogP contribution < -0.4 is 9.47 Å². The normalized spacial score (nSPS) is 13.7. The molecular formula is C39H58O8. The molecule has 0 amide bonds. The van der Waals surface area contributed by atoms with E-state index in [1.807, 2.05) is 37.3 Å². The molecule has 0 fully saturated rings. The maximum Gasteiger partial charge on any atom is 0.330 e. The van der Waals surface area contributed by atoms with E-state index < -0.39 is 24.1 Å². The van der Waals surface area contributed by atoms with E-state index in [1.54, 1.807) is 0 Å². The number of hydrogen-bond donors (Lipinski definition) is 0. The summed E-state index contributed by atoms with van der Waals surface area (Å²) in [5, 5.41) is 1.98. The summed E-state index contributed by atoms with van der Waals surface area (Å²) >= 11 is 0. The Kier molecular flexibility index (Phi) is 19.5. The van der Waals surface area contributed by atoms with Gasteiger partial charge in [0.2, 0.25) is 0 Å². The van der Waals surface area contributed by atoms with Gasteiger partial charge in [0.15, 0.2) is 12.2 Å². The SMILES string of the molecule is C=CC(=O)OC(COCC(CC)CCCC)COc1ccc2c(C)c(OCC(COCC(CC)CCCC)OC(=O)C=C)ccc2c1. The lowest BCUT2D eigenvalue weighted by Gasteiger charge is -2.21. The van der Waals surface area contributed by atoms with E-state index in [-0.39, 0.29) is 26.4 Å². The molecule has 2 aromatic carbocycles. The van der Waals surface area contributed by atoms with Crippen LogP contribution in [-0.2, 0) is 28.5 Å². The van der Waals surface area contributed by atoms with Crippen molar-refractivity contribution in [1.29, 1.82) is 0 Å². The van der Waals surface area contributed by atoms with Crippen LogP contribution in [0.4, 0.5) is 0 Å². The van der Waals surface area contributed by atoms with Crippen LogP contribution in [0.25, 0.3) is 10.8 Å². The van der Waals surface area contributed by atoms with Crippen molar-refractivity contribution in [2.24, 2.45) is 11.8 Å². The summed E-state index contributed by atoms with van der Waals surface area (Å²) in [6, 6.07) is 9.67. The van der Waals surface area contributed by atoms with Gasteiger partial charge in [-0.3, -0.25) is 0 Å². The first-order valence-corrected chi connectivity index (χ1v) is 17.4. The summed E-state index contributed by atoms with van der Waals surface area (Å²) in [7, 11) is 0. The zero-order valence-electron chi connectivity index (χ0n) is 29.4. The number of carbonyl (C=O) groups excluding carboxylic acids is 2. The van der Waals surface area contributed by atoms with Crippen LogP contribution in [0.3, 0.4) is 0 Å². The van der Waals surface area contributed by atoms with Gasteiger partial charge in [-0.05, 0) is 66.1 Å². The quantitative estimate of drug-likeness (QED) is 0.0736. The summed E-state index contributed by atoms with van der Waals surface area (Å²) in [6.07, 6.45) is 10.2. The lowest BCUT2D eigenvalue weighted by molar-refractivity contribution is -0.149. The number of aryl methyl sites for hydroxylation is 1. The molecule has 0 aliphatic heterocycles. The molecule has 47 heavy (non-hydrogen) atoms. The molecule has 0 bridgehead atoms. The minimum Gasteiger partial charge on any atom is -0.490 e. The monoisotopic (exact) mass is 654 g/mol. The predicted octanol–water partition coefficient (Wildman–Crippen LogP) is 8.57. The van der Waals surface area contributed by atoms with Crippen LogP contribution in [-0.4, -0.2) is 63.8 Å². The Balaban J connectivity index is 2.03. The van der Waals surface area contributed by atoms with Crippen molar-refractivity contribution >= 4 is 22.7 Å². The molecule has 0 heterocycles. The van der Waals surface area contributed by atoms with E-state index in [0.717, 1.165) is 67.0 Å². The molecule has 0 spiro atoms. The fourth-order valence-electron chi connectivity index (χ4n) is 5.25. The van der Waals surface area contributed by atoms with E-state index in [0.29, 0.717) is 36.5 Å². The molecule has 0 aromatic heterocycles. The van der Waals surface area contributed by atoms with Crippen LogP contribution in [0, 0.1) is 18.8 Å². The number of benzene rings is 2. The number of fused-ring (bicyclic) bond motifs is 1. The molecule has 0 radical (unpaired) electrons. The maximum atomic E-state index is 12.0. The minimum absolute atomic E-state index is 0.154. The molecule has 2 aromatic rings. The van der Waals surface area contributed by atoms with Crippen LogP contribution in [0.15, 0.2) is 55.6 Å². The highest BCUT2D eigenvalue weighted by Crippen LogP contribution is 2.30. The van der Waals surface area contributed by atoms with E-state index in [2.05, 4.69) is 40.9 Å². The third-order valence-corrected chi connectivity index (χ3v) is 8.37. The molecule has 0 N–H and O–H groups in total. The summed E-state index contributed by atoms with van der Waals surface area (Å²) in [4.78, 5) is 24.0. The van der Waals surface area contributed by atoms with Crippen molar-refractivity contribution < 1.29 is 38.0 Å². The fourth-order valence-corrected chi connectivity index (χ4v) is 5.25. The lowest BCUT2D eigenvalue weighted by Crippen LogP contribution is -2.30. The molecule has 0 aliphatic carbocycles. The van der Waals surface area contributed by atoms with Gasteiger partial charge in [0.1, 0.15) is 24.7 Å². The van der Waals surface area contributed by atoms with Crippen molar-refractivity contribution in [3.05, 3.63) is 61.2 Å². The molecule has 8 heteroatoms. The van der Waals surface area contributed by atoms with Gasteiger partial charge in [0.05, 0.1) is 13.2 Å². The van der Waals surface area contributed by atoms with Gasteiger partial charge in [0.25, 0.3) is 0 Å². The highest BCUT2D eigenvalue weighted by molar-refractivity contribution is 5.88. The van der Waals surface area contributed by atoms with Crippen LogP contribution in [0.5, 0.6) is 11.5 Å². The van der Waals surface area contributed by atoms with Gasteiger partial charge in [-0.25, -0.2) is 9.59 Å². The molecule has 2 rings (SSSR count). The number of unbranched alkanes of at least 4 members (excludes halogenated alkanes) is 2. The molecule has 0 saturated carbocycles. The summed E-state index contributed by atoms with van der Waals surface area (Å²) in [5.74, 6) is 1.30. The number of carbonyl (C=O) groups is 2. The number of rotatable bonds is 26. The average Bonchev–Trinajstić information content (AvgIpc) is 3.09. The first kappa shape index (κ1) is 39.8. The first-order valence-electron chi connectivity index (χ1n) is 17.4. The molecule has 0 saturated heterocycles. The Hall–Kier alpha value is -3.36. The second kappa shape index (κ2) is 23.0. The van der Waals surface area contributed by atoms with E-state index in [4.69, 9.17) is 28.4 Å². The third-order valence-electron chi connectivity index (χ3n) is 8.37. The predicted molar refractivity (Wildman–Crippen MR) is 188 cm³/mol. The molecule has 4 unspecified atom stereocenters. The van der Waals surface area contributed by atoms with Gasteiger partial charge in [-0.2, -0.15) is 0 Å². The van der Waals surface area contributed by atoms with Crippen LogP contribution >= 0.6 is 0 Å². The molecule has 262 valence electrons. The second-order valence-electron chi connectivity index (χ2n) is 12.1. The standard InChI is InChI=1S/C39H58O8/c1-8-14-16-30(10-3)23-42-25-34(46-38(40)12-5)27-44-33-19-20-36-29(7)37(21-18-32(36)22-33)45-28-35(47-39(41)13-6)26-43-24-31(11-4)17-15-9-2/h12-13,18-22,30-31,34-35H,5-6,8-11,14-17,23-28H2,1-4,7H3. The highest BCUT2D eigenvalue weighted by Gasteiger charge is 2.19. The molecule has 0 aliphatic rings. The van der Waals surface area contributed by atoms with Gasteiger partial charge in [-0.15, -0.1) is 0 Å². The second-order valence-corrected chi connectivity index (χ2v) is 12.1. The topological polar surface area (TPSA) is 89.5 Å². The first-order chi connectivity index (χ1) is 22.8. The Bertz CT molecular complexity index is 1220. The average molecular weight is 655 g/mol. The van der Waals surface area contributed by atoms with E-state index >= 15 is 0 Å². The molecule has 4 atom stereocenters.